The number of aromatic nitrogens is 2. The van der Waals surface area contributed by atoms with Crippen LogP contribution in [0.2, 0.25) is 5.02 Å². The van der Waals surface area contributed by atoms with Gasteiger partial charge in [0.25, 0.3) is 5.91 Å². The molecule has 0 aliphatic rings. The molecule has 4 nitrogen and oxygen atoms in total. The van der Waals surface area contributed by atoms with Crippen LogP contribution in [0, 0.1) is 6.92 Å². The van der Waals surface area contributed by atoms with E-state index >= 15 is 0 Å². The summed E-state index contributed by atoms with van der Waals surface area (Å²) in [6, 6.07) is 13.0. The van der Waals surface area contributed by atoms with Crippen molar-refractivity contribution in [3.05, 3.63) is 82.9 Å². The number of benzene rings is 2. The average Bonchev–Trinajstić information content (AvgIpc) is 3.05. The maximum Gasteiger partial charge on any atom is 0.255 e. The van der Waals surface area contributed by atoms with E-state index in [-0.39, 0.29) is 5.91 Å². The van der Waals surface area contributed by atoms with Crippen LogP contribution in [-0.4, -0.2) is 15.5 Å². The molecule has 116 valence electrons. The molecule has 0 atom stereocenters. The Labute approximate surface area is 139 Å². The molecule has 1 N–H and O–H groups in total. The van der Waals surface area contributed by atoms with Gasteiger partial charge < -0.3 is 9.88 Å². The van der Waals surface area contributed by atoms with Crippen LogP contribution in [0.1, 0.15) is 21.5 Å². The lowest BCUT2D eigenvalue weighted by atomic mass is 10.1. The van der Waals surface area contributed by atoms with Gasteiger partial charge in [0.2, 0.25) is 0 Å². The first kappa shape index (κ1) is 15.3. The van der Waals surface area contributed by atoms with Gasteiger partial charge in [-0.1, -0.05) is 29.8 Å². The number of nitrogens with one attached hydrogen (secondary N) is 1. The molecule has 0 radical (unpaired) electrons. The van der Waals surface area contributed by atoms with Gasteiger partial charge in [-0.3, -0.25) is 4.79 Å². The van der Waals surface area contributed by atoms with E-state index < -0.39 is 0 Å². The fourth-order valence-corrected chi connectivity index (χ4v) is 2.46. The summed E-state index contributed by atoms with van der Waals surface area (Å²) in [5.74, 6) is -0.149. The minimum absolute atomic E-state index is 0.149. The number of anilines is 1. The lowest BCUT2D eigenvalue weighted by Crippen LogP contribution is -2.13. The van der Waals surface area contributed by atoms with Crippen molar-refractivity contribution < 1.29 is 4.79 Å². The predicted octanol–water partition coefficient (Wildman–Crippen LogP) is 4.15. The normalized spacial score (nSPS) is 10.5. The highest BCUT2D eigenvalue weighted by atomic mass is 35.5. The Hall–Kier alpha value is -2.59. The standard InChI is InChI=1S/C18H16ClN3O/c1-13-16(19)3-2-4-17(13)21-18(23)15-7-5-14(6-8-15)11-22-10-9-20-12-22/h2-10,12H,11H2,1H3,(H,21,23). The SMILES string of the molecule is Cc1c(Cl)cccc1NC(=O)c1ccc(Cn2ccnc2)cc1. The van der Waals surface area contributed by atoms with Crippen LogP contribution in [0.15, 0.2) is 61.2 Å². The fourth-order valence-electron chi connectivity index (χ4n) is 2.29. The van der Waals surface area contributed by atoms with Gasteiger partial charge in [-0.25, -0.2) is 4.98 Å². The summed E-state index contributed by atoms with van der Waals surface area (Å²) >= 11 is 6.07. The number of carbonyl (C=O) groups is 1. The average molecular weight is 326 g/mol. The Balaban J connectivity index is 1.71. The molecule has 3 aromatic rings. The Morgan fingerprint density at radius 1 is 1.22 bits per heavy atom. The van der Waals surface area contributed by atoms with Crippen molar-refractivity contribution in [2.75, 3.05) is 5.32 Å². The summed E-state index contributed by atoms with van der Waals surface area (Å²) in [5.41, 5.74) is 3.31. The van der Waals surface area contributed by atoms with E-state index in [1.165, 1.54) is 0 Å². The molecule has 1 aromatic heterocycles. The topological polar surface area (TPSA) is 46.9 Å². The van der Waals surface area contributed by atoms with Crippen molar-refractivity contribution in [3.8, 4) is 0 Å². The van der Waals surface area contributed by atoms with Crippen molar-refractivity contribution in [3.63, 3.8) is 0 Å². The number of nitrogens with zero attached hydrogens (tertiary/aromatic N) is 2. The molecule has 2 aromatic carbocycles. The Kier molecular flexibility index (Phi) is 4.44. The van der Waals surface area contributed by atoms with Gasteiger partial charge in [0.15, 0.2) is 0 Å². The number of imidazole rings is 1. The van der Waals surface area contributed by atoms with Gasteiger partial charge >= 0.3 is 0 Å². The third kappa shape index (κ3) is 3.60. The monoisotopic (exact) mass is 325 g/mol. The smallest absolute Gasteiger partial charge is 0.255 e. The second kappa shape index (κ2) is 6.67. The van der Waals surface area contributed by atoms with E-state index in [9.17, 15) is 4.79 Å². The van der Waals surface area contributed by atoms with Crippen LogP contribution in [0.4, 0.5) is 5.69 Å². The molecule has 5 heteroatoms. The summed E-state index contributed by atoms with van der Waals surface area (Å²) in [7, 11) is 0. The van der Waals surface area contributed by atoms with E-state index in [2.05, 4.69) is 10.3 Å². The van der Waals surface area contributed by atoms with Crippen molar-refractivity contribution >= 4 is 23.2 Å². The summed E-state index contributed by atoms with van der Waals surface area (Å²) in [4.78, 5) is 16.4. The van der Waals surface area contributed by atoms with E-state index in [1.54, 1.807) is 18.6 Å². The minimum atomic E-state index is -0.149. The minimum Gasteiger partial charge on any atom is -0.333 e. The molecule has 0 bridgehead atoms. The quantitative estimate of drug-likeness (QED) is 0.783. The van der Waals surface area contributed by atoms with Crippen molar-refractivity contribution in [1.29, 1.82) is 0 Å². The Bertz CT molecular complexity index is 811. The van der Waals surface area contributed by atoms with Crippen LogP contribution in [-0.2, 0) is 6.54 Å². The van der Waals surface area contributed by atoms with Crippen LogP contribution >= 0.6 is 11.6 Å². The zero-order valence-corrected chi connectivity index (χ0v) is 13.4. The van der Waals surface area contributed by atoms with Gasteiger partial charge in [0.1, 0.15) is 0 Å². The maximum atomic E-state index is 12.3. The van der Waals surface area contributed by atoms with E-state index in [1.807, 2.05) is 54.1 Å². The van der Waals surface area contributed by atoms with E-state index in [0.717, 1.165) is 23.4 Å². The number of hydrogen-bond acceptors (Lipinski definition) is 2. The van der Waals surface area contributed by atoms with Gasteiger partial charge in [-0.05, 0) is 42.3 Å². The van der Waals surface area contributed by atoms with Gasteiger partial charge in [0, 0.05) is 35.2 Å². The first-order valence-electron chi connectivity index (χ1n) is 7.24. The molecule has 23 heavy (non-hydrogen) atoms. The molecule has 0 saturated heterocycles. The number of hydrogen-bond donors (Lipinski definition) is 1. The number of amides is 1. The molecule has 0 fully saturated rings. The molecular formula is C18H16ClN3O. The van der Waals surface area contributed by atoms with Gasteiger partial charge in [-0.15, -0.1) is 0 Å². The van der Waals surface area contributed by atoms with E-state index in [4.69, 9.17) is 11.6 Å². The van der Waals surface area contributed by atoms with Crippen molar-refractivity contribution in [2.45, 2.75) is 13.5 Å². The Morgan fingerprint density at radius 3 is 2.70 bits per heavy atom. The van der Waals surface area contributed by atoms with Gasteiger partial charge in [0.05, 0.1) is 6.33 Å². The van der Waals surface area contributed by atoms with Crippen LogP contribution in [0.3, 0.4) is 0 Å². The molecule has 1 amide bonds. The summed E-state index contributed by atoms with van der Waals surface area (Å²) in [6.07, 6.45) is 5.42. The summed E-state index contributed by atoms with van der Waals surface area (Å²) < 4.78 is 1.98. The first-order chi connectivity index (χ1) is 11.1. The first-order valence-corrected chi connectivity index (χ1v) is 7.62. The molecule has 0 saturated carbocycles. The third-order valence-corrected chi connectivity index (χ3v) is 4.07. The summed E-state index contributed by atoms with van der Waals surface area (Å²) in [6.45, 7) is 2.61. The third-order valence-electron chi connectivity index (χ3n) is 3.66. The predicted molar refractivity (Wildman–Crippen MR) is 91.9 cm³/mol. The second-order valence-electron chi connectivity index (χ2n) is 5.30. The molecule has 1 heterocycles. The second-order valence-corrected chi connectivity index (χ2v) is 5.71. The molecule has 3 rings (SSSR count). The number of halogens is 1. The summed E-state index contributed by atoms with van der Waals surface area (Å²) in [5, 5.41) is 3.53. The largest absolute Gasteiger partial charge is 0.333 e. The van der Waals surface area contributed by atoms with Crippen molar-refractivity contribution in [2.24, 2.45) is 0 Å². The highest BCUT2D eigenvalue weighted by molar-refractivity contribution is 6.31. The van der Waals surface area contributed by atoms with Crippen LogP contribution < -0.4 is 5.32 Å². The number of rotatable bonds is 4. The molecule has 0 aliphatic carbocycles. The van der Waals surface area contributed by atoms with Crippen molar-refractivity contribution in [1.82, 2.24) is 9.55 Å². The molecule has 0 unspecified atom stereocenters. The molecular weight excluding hydrogens is 310 g/mol. The Morgan fingerprint density at radius 2 is 2.00 bits per heavy atom. The maximum absolute atomic E-state index is 12.3. The molecule has 0 spiro atoms. The van der Waals surface area contributed by atoms with Crippen LogP contribution in [0.5, 0.6) is 0 Å². The van der Waals surface area contributed by atoms with E-state index in [0.29, 0.717) is 10.6 Å². The molecule has 0 aliphatic heterocycles. The highest BCUT2D eigenvalue weighted by Crippen LogP contribution is 2.23. The van der Waals surface area contributed by atoms with Crippen LogP contribution in [0.25, 0.3) is 0 Å². The lowest BCUT2D eigenvalue weighted by molar-refractivity contribution is 0.102. The number of carbonyl (C=O) groups excluding carboxylic acids is 1. The zero-order chi connectivity index (χ0) is 16.2. The fraction of sp³-hybridized carbons (Fsp3) is 0.111. The zero-order valence-electron chi connectivity index (χ0n) is 12.7. The van der Waals surface area contributed by atoms with Gasteiger partial charge in [-0.2, -0.15) is 0 Å². The highest BCUT2D eigenvalue weighted by Gasteiger charge is 2.09. The lowest BCUT2D eigenvalue weighted by Gasteiger charge is -2.10.